The number of carbonyl (C=O) groups excluding carboxylic acids is 3. The normalized spacial score (nSPS) is 12.8. The standard InChI is InChI=1S/C16H14N4O5/c1-24-13-11(7-17-16(19-13)25-2)18-12(21)8-20-14(22)9-5-3-4-6-10(9)15(20)23/h3-7H,8H2,1-2H3,(H,18,21). The largest absolute Gasteiger partial charge is 0.479 e. The minimum absolute atomic E-state index is 0.0789. The van der Waals surface area contributed by atoms with Crippen LogP contribution in [0.15, 0.2) is 30.5 Å². The number of nitrogens with zero attached hydrogens (tertiary/aromatic N) is 3. The van der Waals surface area contributed by atoms with E-state index in [-0.39, 0.29) is 28.7 Å². The van der Waals surface area contributed by atoms with Crippen molar-refractivity contribution in [3.05, 3.63) is 41.6 Å². The first-order chi connectivity index (χ1) is 12.0. The Labute approximate surface area is 142 Å². The van der Waals surface area contributed by atoms with E-state index in [2.05, 4.69) is 15.3 Å². The molecule has 128 valence electrons. The van der Waals surface area contributed by atoms with Gasteiger partial charge in [0.15, 0.2) is 0 Å². The van der Waals surface area contributed by atoms with Gasteiger partial charge >= 0.3 is 6.01 Å². The first kappa shape index (κ1) is 16.4. The van der Waals surface area contributed by atoms with Crippen LogP contribution in [0.4, 0.5) is 5.69 Å². The summed E-state index contributed by atoms with van der Waals surface area (Å²) >= 11 is 0. The maximum absolute atomic E-state index is 12.3. The van der Waals surface area contributed by atoms with Crippen molar-refractivity contribution in [3.8, 4) is 11.9 Å². The van der Waals surface area contributed by atoms with Gasteiger partial charge in [0.25, 0.3) is 11.8 Å². The number of anilines is 1. The average Bonchev–Trinajstić information content (AvgIpc) is 2.87. The Bertz CT molecular complexity index is 832. The smallest absolute Gasteiger partial charge is 0.319 e. The fourth-order valence-electron chi connectivity index (χ4n) is 2.41. The van der Waals surface area contributed by atoms with Crippen LogP contribution in [0.25, 0.3) is 0 Å². The molecule has 0 bridgehead atoms. The van der Waals surface area contributed by atoms with Gasteiger partial charge in [-0.2, -0.15) is 4.98 Å². The minimum atomic E-state index is -0.582. The van der Waals surface area contributed by atoms with Crippen molar-refractivity contribution in [2.45, 2.75) is 0 Å². The predicted molar refractivity (Wildman–Crippen MR) is 85.6 cm³/mol. The maximum Gasteiger partial charge on any atom is 0.319 e. The summed E-state index contributed by atoms with van der Waals surface area (Å²) in [5, 5.41) is 2.52. The molecule has 25 heavy (non-hydrogen) atoms. The lowest BCUT2D eigenvalue weighted by Crippen LogP contribution is -2.37. The SMILES string of the molecule is COc1ncc(NC(=O)CN2C(=O)c3ccccc3C2=O)c(OC)n1. The molecule has 1 aliphatic rings. The topological polar surface area (TPSA) is 111 Å². The fourth-order valence-corrected chi connectivity index (χ4v) is 2.41. The van der Waals surface area contributed by atoms with Gasteiger partial charge in [-0.15, -0.1) is 0 Å². The van der Waals surface area contributed by atoms with Crippen molar-refractivity contribution in [1.29, 1.82) is 0 Å². The van der Waals surface area contributed by atoms with Gasteiger partial charge in [-0.25, -0.2) is 4.98 Å². The molecule has 1 aliphatic heterocycles. The number of imide groups is 1. The van der Waals surface area contributed by atoms with Crippen LogP contribution in [0.1, 0.15) is 20.7 Å². The van der Waals surface area contributed by atoms with Crippen LogP contribution in [0.3, 0.4) is 0 Å². The summed E-state index contributed by atoms with van der Waals surface area (Å²) < 4.78 is 9.93. The second-order valence-corrected chi connectivity index (χ2v) is 5.07. The van der Waals surface area contributed by atoms with Crippen molar-refractivity contribution in [3.63, 3.8) is 0 Å². The number of benzene rings is 1. The van der Waals surface area contributed by atoms with Gasteiger partial charge in [-0.3, -0.25) is 19.3 Å². The third-order valence-electron chi connectivity index (χ3n) is 3.56. The molecule has 1 N–H and O–H groups in total. The van der Waals surface area contributed by atoms with Crippen molar-refractivity contribution in [2.24, 2.45) is 0 Å². The van der Waals surface area contributed by atoms with Crippen molar-refractivity contribution < 1.29 is 23.9 Å². The van der Waals surface area contributed by atoms with E-state index in [1.807, 2.05) is 0 Å². The van der Waals surface area contributed by atoms with E-state index < -0.39 is 24.3 Å². The summed E-state index contributed by atoms with van der Waals surface area (Å²) in [4.78, 5) is 45.5. The monoisotopic (exact) mass is 342 g/mol. The third kappa shape index (κ3) is 2.99. The van der Waals surface area contributed by atoms with Crippen LogP contribution in [0.2, 0.25) is 0 Å². The zero-order chi connectivity index (χ0) is 18.0. The van der Waals surface area contributed by atoms with Crippen LogP contribution in [-0.2, 0) is 4.79 Å². The lowest BCUT2D eigenvalue weighted by molar-refractivity contribution is -0.116. The Hall–Kier alpha value is -3.49. The molecule has 9 heteroatoms. The second kappa shape index (κ2) is 6.56. The Morgan fingerprint density at radius 3 is 2.32 bits per heavy atom. The number of hydrogen-bond acceptors (Lipinski definition) is 7. The summed E-state index contributed by atoms with van der Waals surface area (Å²) in [7, 11) is 2.77. The molecule has 3 amide bonds. The van der Waals surface area contributed by atoms with E-state index >= 15 is 0 Å². The number of hydrogen-bond donors (Lipinski definition) is 1. The lowest BCUT2D eigenvalue weighted by atomic mass is 10.1. The number of rotatable bonds is 5. The number of fused-ring (bicyclic) bond motifs is 1. The Morgan fingerprint density at radius 1 is 1.12 bits per heavy atom. The summed E-state index contributed by atoms with van der Waals surface area (Å²) in [5.74, 6) is -1.49. The molecule has 2 aromatic rings. The number of carbonyl (C=O) groups is 3. The van der Waals surface area contributed by atoms with Crippen LogP contribution < -0.4 is 14.8 Å². The van der Waals surface area contributed by atoms with Gasteiger partial charge < -0.3 is 14.8 Å². The summed E-state index contributed by atoms with van der Waals surface area (Å²) in [6.45, 7) is -0.429. The molecule has 0 saturated heterocycles. The Morgan fingerprint density at radius 2 is 1.76 bits per heavy atom. The van der Waals surface area contributed by atoms with Gasteiger partial charge in [0.1, 0.15) is 12.2 Å². The molecule has 3 rings (SSSR count). The molecule has 0 atom stereocenters. The number of ether oxygens (including phenoxy) is 2. The van der Waals surface area contributed by atoms with E-state index in [4.69, 9.17) is 9.47 Å². The Balaban J connectivity index is 1.74. The molecular weight excluding hydrogens is 328 g/mol. The van der Waals surface area contributed by atoms with Gasteiger partial charge in [-0.05, 0) is 12.1 Å². The highest BCUT2D eigenvalue weighted by Crippen LogP contribution is 2.24. The minimum Gasteiger partial charge on any atom is -0.479 e. The first-order valence-electron chi connectivity index (χ1n) is 7.25. The van der Waals surface area contributed by atoms with Crippen LogP contribution in [0.5, 0.6) is 11.9 Å². The summed E-state index contributed by atoms with van der Waals surface area (Å²) in [6.07, 6.45) is 1.31. The van der Waals surface area contributed by atoms with Crippen molar-refractivity contribution >= 4 is 23.4 Å². The first-order valence-corrected chi connectivity index (χ1v) is 7.25. The number of amides is 3. The Kier molecular flexibility index (Phi) is 4.29. The van der Waals surface area contributed by atoms with E-state index in [1.165, 1.54) is 20.4 Å². The summed E-state index contributed by atoms with van der Waals surface area (Å²) in [6, 6.07) is 6.50. The van der Waals surface area contributed by atoms with Crippen LogP contribution in [0, 0.1) is 0 Å². The molecule has 0 unspecified atom stereocenters. The molecule has 1 aromatic carbocycles. The number of aromatic nitrogens is 2. The third-order valence-corrected chi connectivity index (χ3v) is 3.56. The van der Waals surface area contributed by atoms with Gasteiger partial charge in [0.2, 0.25) is 11.8 Å². The molecule has 0 saturated carbocycles. The van der Waals surface area contributed by atoms with E-state index in [9.17, 15) is 14.4 Å². The highest BCUT2D eigenvalue weighted by molar-refractivity contribution is 6.22. The van der Waals surface area contributed by atoms with E-state index in [0.29, 0.717) is 0 Å². The number of methoxy groups -OCH3 is 2. The fraction of sp³-hybridized carbons (Fsp3) is 0.188. The average molecular weight is 342 g/mol. The molecule has 2 heterocycles. The highest BCUT2D eigenvalue weighted by Gasteiger charge is 2.36. The zero-order valence-electron chi connectivity index (χ0n) is 13.5. The van der Waals surface area contributed by atoms with Crippen LogP contribution >= 0.6 is 0 Å². The second-order valence-electron chi connectivity index (χ2n) is 5.07. The van der Waals surface area contributed by atoms with Crippen molar-refractivity contribution in [2.75, 3.05) is 26.1 Å². The highest BCUT2D eigenvalue weighted by atomic mass is 16.5. The van der Waals surface area contributed by atoms with Crippen molar-refractivity contribution in [1.82, 2.24) is 14.9 Å². The van der Waals surface area contributed by atoms with Gasteiger partial charge in [-0.1, -0.05) is 12.1 Å². The van der Waals surface area contributed by atoms with E-state index in [0.717, 1.165) is 4.90 Å². The summed E-state index contributed by atoms with van der Waals surface area (Å²) in [5.41, 5.74) is 0.765. The predicted octanol–water partition coefficient (Wildman–Crippen LogP) is 0.728. The van der Waals surface area contributed by atoms with E-state index in [1.54, 1.807) is 24.3 Å². The van der Waals surface area contributed by atoms with Gasteiger partial charge in [0.05, 0.1) is 31.5 Å². The molecule has 0 radical (unpaired) electrons. The molecular formula is C16H14N4O5. The molecule has 1 aromatic heterocycles. The number of nitrogens with one attached hydrogen (secondary N) is 1. The lowest BCUT2D eigenvalue weighted by Gasteiger charge is -2.14. The maximum atomic E-state index is 12.3. The van der Waals surface area contributed by atoms with Gasteiger partial charge in [0, 0.05) is 0 Å². The zero-order valence-corrected chi connectivity index (χ0v) is 13.5. The molecule has 0 fully saturated rings. The van der Waals surface area contributed by atoms with Crippen LogP contribution in [-0.4, -0.2) is 53.4 Å². The molecule has 0 spiro atoms. The quantitative estimate of drug-likeness (QED) is 0.797. The molecule has 9 nitrogen and oxygen atoms in total. The molecule has 0 aliphatic carbocycles.